The molecule has 0 spiro atoms. The molecule has 1 atom stereocenters. The number of carbonyl (C=O) groups is 2. The van der Waals surface area contributed by atoms with Crippen molar-refractivity contribution in [1.82, 2.24) is 15.5 Å². The number of hydrogen-bond acceptors (Lipinski definition) is 3. The summed E-state index contributed by atoms with van der Waals surface area (Å²) in [5, 5.41) is 6.08. The number of carbonyl (C=O) groups excluding carboxylic acids is 2. The van der Waals surface area contributed by atoms with E-state index < -0.39 is 0 Å². The monoisotopic (exact) mass is 281 g/mol. The summed E-state index contributed by atoms with van der Waals surface area (Å²) >= 11 is 0. The highest BCUT2D eigenvalue weighted by molar-refractivity contribution is 5.83. The van der Waals surface area contributed by atoms with Crippen LogP contribution in [0, 0.1) is 0 Å². The summed E-state index contributed by atoms with van der Waals surface area (Å²) in [6, 6.07) is 0.0693. The third kappa shape index (κ3) is 4.47. The van der Waals surface area contributed by atoms with Crippen molar-refractivity contribution in [2.24, 2.45) is 0 Å². The molecule has 20 heavy (non-hydrogen) atoms. The molecule has 0 radical (unpaired) electrons. The molecule has 1 aliphatic heterocycles. The lowest BCUT2D eigenvalue weighted by Gasteiger charge is -2.29. The summed E-state index contributed by atoms with van der Waals surface area (Å²) in [6.07, 6.45) is 8.02. The van der Waals surface area contributed by atoms with E-state index in [4.69, 9.17) is 0 Å². The van der Waals surface area contributed by atoms with Crippen molar-refractivity contribution in [3.8, 4) is 0 Å². The van der Waals surface area contributed by atoms with Crippen molar-refractivity contribution >= 4 is 11.8 Å². The van der Waals surface area contributed by atoms with Gasteiger partial charge in [0.05, 0.1) is 12.6 Å². The molecule has 2 aliphatic rings. The van der Waals surface area contributed by atoms with Gasteiger partial charge >= 0.3 is 0 Å². The number of likely N-dealkylation sites (tertiary alicyclic amines) is 1. The standard InChI is InChI=1S/C15H27N3O2/c1-12(15(20)18-9-5-2-6-10-18)16-11-14(19)17-13-7-3-4-8-13/h12-13,16H,2-11H2,1H3,(H,17,19). The van der Waals surface area contributed by atoms with E-state index >= 15 is 0 Å². The van der Waals surface area contributed by atoms with Crippen LogP contribution in [-0.2, 0) is 9.59 Å². The van der Waals surface area contributed by atoms with E-state index in [-0.39, 0.29) is 24.4 Å². The summed E-state index contributed by atoms with van der Waals surface area (Å²) in [5.41, 5.74) is 0. The number of nitrogens with one attached hydrogen (secondary N) is 2. The molecule has 0 bridgehead atoms. The minimum absolute atomic E-state index is 0.00944. The van der Waals surface area contributed by atoms with Crippen LogP contribution >= 0.6 is 0 Å². The van der Waals surface area contributed by atoms with E-state index in [1.54, 1.807) is 0 Å². The quantitative estimate of drug-likeness (QED) is 0.791. The summed E-state index contributed by atoms with van der Waals surface area (Å²) in [6.45, 7) is 3.80. The van der Waals surface area contributed by atoms with Gasteiger partial charge in [-0.3, -0.25) is 14.9 Å². The molecule has 5 heteroatoms. The van der Waals surface area contributed by atoms with Gasteiger partial charge in [0.1, 0.15) is 0 Å². The van der Waals surface area contributed by atoms with Gasteiger partial charge in [-0.25, -0.2) is 0 Å². The second-order valence-corrected chi connectivity index (χ2v) is 6.04. The van der Waals surface area contributed by atoms with Crippen LogP contribution in [0.4, 0.5) is 0 Å². The van der Waals surface area contributed by atoms with E-state index in [9.17, 15) is 9.59 Å². The zero-order valence-electron chi connectivity index (χ0n) is 12.5. The second-order valence-electron chi connectivity index (χ2n) is 6.04. The average molecular weight is 281 g/mol. The molecule has 2 fully saturated rings. The fourth-order valence-corrected chi connectivity index (χ4v) is 3.07. The predicted octanol–water partition coefficient (Wildman–Crippen LogP) is 1.04. The average Bonchev–Trinajstić information content (AvgIpc) is 2.97. The minimum atomic E-state index is -0.276. The molecule has 0 aromatic heterocycles. The fourth-order valence-electron chi connectivity index (χ4n) is 3.07. The molecule has 2 amide bonds. The molecule has 0 aromatic carbocycles. The summed E-state index contributed by atoms with van der Waals surface area (Å²) in [4.78, 5) is 25.9. The normalized spacial score (nSPS) is 21.8. The van der Waals surface area contributed by atoms with Gasteiger partial charge in [0, 0.05) is 19.1 Å². The van der Waals surface area contributed by atoms with Crippen LogP contribution < -0.4 is 10.6 Å². The first-order valence-corrected chi connectivity index (χ1v) is 7.98. The lowest BCUT2D eigenvalue weighted by molar-refractivity contribution is -0.134. The summed E-state index contributed by atoms with van der Waals surface area (Å²) < 4.78 is 0. The van der Waals surface area contributed by atoms with E-state index in [1.165, 1.54) is 19.3 Å². The zero-order valence-corrected chi connectivity index (χ0v) is 12.5. The van der Waals surface area contributed by atoms with Crippen LogP contribution in [0.3, 0.4) is 0 Å². The zero-order chi connectivity index (χ0) is 14.4. The lowest BCUT2D eigenvalue weighted by atomic mass is 10.1. The number of piperidine rings is 1. The SMILES string of the molecule is CC(NCC(=O)NC1CCCC1)C(=O)N1CCCCC1. The topological polar surface area (TPSA) is 61.4 Å². The Morgan fingerprint density at radius 2 is 1.75 bits per heavy atom. The first-order chi connectivity index (χ1) is 9.66. The first-order valence-electron chi connectivity index (χ1n) is 7.98. The van der Waals surface area contributed by atoms with Crippen LogP contribution in [0.25, 0.3) is 0 Å². The van der Waals surface area contributed by atoms with Crippen LogP contribution in [0.1, 0.15) is 51.9 Å². The number of rotatable bonds is 5. The maximum absolute atomic E-state index is 12.2. The van der Waals surface area contributed by atoms with Gasteiger partial charge < -0.3 is 10.2 Å². The van der Waals surface area contributed by atoms with Gasteiger partial charge in [0.2, 0.25) is 11.8 Å². The van der Waals surface area contributed by atoms with E-state index in [1.807, 2.05) is 11.8 Å². The van der Waals surface area contributed by atoms with Crippen LogP contribution in [0.15, 0.2) is 0 Å². The van der Waals surface area contributed by atoms with Crippen LogP contribution in [-0.4, -0.2) is 48.4 Å². The number of hydrogen-bond donors (Lipinski definition) is 2. The van der Waals surface area contributed by atoms with E-state index in [0.717, 1.165) is 38.8 Å². The fraction of sp³-hybridized carbons (Fsp3) is 0.867. The Kier molecular flexibility index (Phi) is 5.83. The number of nitrogens with zero attached hydrogens (tertiary/aromatic N) is 1. The Morgan fingerprint density at radius 3 is 2.40 bits per heavy atom. The summed E-state index contributed by atoms with van der Waals surface area (Å²) in [5.74, 6) is 0.133. The van der Waals surface area contributed by atoms with Crippen molar-refractivity contribution in [3.05, 3.63) is 0 Å². The molecule has 1 saturated heterocycles. The molecule has 1 saturated carbocycles. The smallest absolute Gasteiger partial charge is 0.239 e. The molecule has 114 valence electrons. The molecular formula is C15H27N3O2. The molecule has 1 unspecified atom stereocenters. The van der Waals surface area contributed by atoms with Gasteiger partial charge in [0.15, 0.2) is 0 Å². The Balaban J connectivity index is 1.66. The van der Waals surface area contributed by atoms with Crippen LogP contribution in [0.2, 0.25) is 0 Å². The van der Waals surface area contributed by atoms with Gasteiger partial charge in [-0.1, -0.05) is 12.8 Å². The van der Waals surface area contributed by atoms with Gasteiger partial charge in [-0.2, -0.15) is 0 Å². The van der Waals surface area contributed by atoms with Gasteiger partial charge in [-0.05, 0) is 39.0 Å². The Labute approximate surface area is 121 Å². The lowest BCUT2D eigenvalue weighted by Crippen LogP contribution is -2.49. The van der Waals surface area contributed by atoms with E-state index in [0.29, 0.717) is 6.04 Å². The highest BCUT2D eigenvalue weighted by Gasteiger charge is 2.23. The van der Waals surface area contributed by atoms with Crippen molar-refractivity contribution in [1.29, 1.82) is 0 Å². The maximum Gasteiger partial charge on any atom is 0.239 e. The molecular weight excluding hydrogens is 254 g/mol. The third-order valence-electron chi connectivity index (χ3n) is 4.33. The minimum Gasteiger partial charge on any atom is -0.352 e. The van der Waals surface area contributed by atoms with Crippen molar-refractivity contribution in [2.45, 2.75) is 64.0 Å². The Hall–Kier alpha value is -1.10. The van der Waals surface area contributed by atoms with Crippen molar-refractivity contribution in [2.75, 3.05) is 19.6 Å². The summed E-state index contributed by atoms with van der Waals surface area (Å²) in [7, 11) is 0. The van der Waals surface area contributed by atoms with Crippen LogP contribution in [0.5, 0.6) is 0 Å². The van der Waals surface area contributed by atoms with Gasteiger partial charge in [0.25, 0.3) is 0 Å². The largest absolute Gasteiger partial charge is 0.352 e. The molecule has 1 heterocycles. The molecule has 1 aliphatic carbocycles. The van der Waals surface area contributed by atoms with Crippen molar-refractivity contribution in [3.63, 3.8) is 0 Å². The predicted molar refractivity (Wildman–Crippen MR) is 78.3 cm³/mol. The first kappa shape index (κ1) is 15.3. The molecule has 0 aromatic rings. The van der Waals surface area contributed by atoms with E-state index in [2.05, 4.69) is 10.6 Å². The Bertz CT molecular complexity index is 334. The highest BCUT2D eigenvalue weighted by atomic mass is 16.2. The second kappa shape index (κ2) is 7.62. The third-order valence-corrected chi connectivity index (χ3v) is 4.33. The van der Waals surface area contributed by atoms with Crippen molar-refractivity contribution < 1.29 is 9.59 Å². The molecule has 2 N–H and O–H groups in total. The Morgan fingerprint density at radius 1 is 1.10 bits per heavy atom. The molecule has 2 rings (SSSR count). The molecule has 5 nitrogen and oxygen atoms in total. The number of amides is 2. The highest BCUT2D eigenvalue weighted by Crippen LogP contribution is 2.17. The van der Waals surface area contributed by atoms with Gasteiger partial charge in [-0.15, -0.1) is 0 Å². The maximum atomic E-state index is 12.2.